The molecule has 1 amide bonds. The molecule has 0 saturated heterocycles. The Morgan fingerprint density at radius 2 is 1.48 bits per heavy atom. The van der Waals surface area contributed by atoms with E-state index in [0.29, 0.717) is 5.13 Å². The second-order valence-electron chi connectivity index (χ2n) is 7.08. The van der Waals surface area contributed by atoms with Crippen LogP contribution in [0.25, 0.3) is 11.3 Å². The molecule has 4 aromatic rings. The standard InChI is InChI=1S/C25H22N2OS/c1-17-13-14-21(15-18(17)2)22-16-29-25(26-22)27-24(28)23(19-9-5-3-6-10-19)20-11-7-4-8-12-20/h3-16,23H,1-2H3,(H,26,27,28). The highest BCUT2D eigenvalue weighted by Crippen LogP contribution is 2.29. The van der Waals surface area contributed by atoms with Gasteiger partial charge in [-0.15, -0.1) is 11.3 Å². The van der Waals surface area contributed by atoms with Gasteiger partial charge in [-0.05, 0) is 42.2 Å². The van der Waals surface area contributed by atoms with E-state index < -0.39 is 0 Å². The SMILES string of the molecule is Cc1ccc(-c2csc(NC(=O)C(c3ccccc3)c3ccccc3)n2)cc1C. The van der Waals surface area contributed by atoms with Crippen molar-refractivity contribution in [3.05, 3.63) is 106 Å². The molecule has 0 aliphatic rings. The largest absolute Gasteiger partial charge is 0.301 e. The Morgan fingerprint density at radius 1 is 0.862 bits per heavy atom. The smallest absolute Gasteiger partial charge is 0.238 e. The van der Waals surface area contributed by atoms with Crippen LogP contribution in [0.5, 0.6) is 0 Å². The zero-order valence-electron chi connectivity index (χ0n) is 16.4. The number of aromatic nitrogens is 1. The van der Waals surface area contributed by atoms with Crippen LogP contribution in [0.2, 0.25) is 0 Å². The van der Waals surface area contributed by atoms with E-state index in [-0.39, 0.29) is 11.8 Å². The number of carbonyl (C=O) groups is 1. The van der Waals surface area contributed by atoms with Gasteiger partial charge in [0.05, 0.1) is 11.6 Å². The second kappa shape index (κ2) is 8.41. The average molecular weight is 399 g/mol. The van der Waals surface area contributed by atoms with E-state index in [1.165, 1.54) is 22.5 Å². The van der Waals surface area contributed by atoms with Gasteiger partial charge in [0, 0.05) is 10.9 Å². The monoisotopic (exact) mass is 398 g/mol. The Kier molecular flexibility index (Phi) is 5.54. The molecule has 144 valence electrons. The fraction of sp³-hybridized carbons (Fsp3) is 0.120. The quantitative estimate of drug-likeness (QED) is 0.435. The molecule has 1 aromatic heterocycles. The maximum atomic E-state index is 13.2. The van der Waals surface area contributed by atoms with Crippen LogP contribution in [-0.4, -0.2) is 10.9 Å². The van der Waals surface area contributed by atoms with Gasteiger partial charge in [0.1, 0.15) is 0 Å². The molecule has 4 heteroatoms. The van der Waals surface area contributed by atoms with E-state index in [1.54, 1.807) is 0 Å². The van der Waals surface area contributed by atoms with Gasteiger partial charge >= 0.3 is 0 Å². The number of benzene rings is 3. The Labute approximate surface area is 175 Å². The van der Waals surface area contributed by atoms with Crippen molar-refractivity contribution in [3.8, 4) is 11.3 Å². The predicted molar refractivity (Wildman–Crippen MR) is 120 cm³/mol. The van der Waals surface area contributed by atoms with Crippen molar-refractivity contribution in [1.29, 1.82) is 0 Å². The number of anilines is 1. The van der Waals surface area contributed by atoms with E-state index in [4.69, 9.17) is 0 Å². The summed E-state index contributed by atoms with van der Waals surface area (Å²) in [4.78, 5) is 17.9. The fourth-order valence-electron chi connectivity index (χ4n) is 3.33. The molecule has 0 atom stereocenters. The van der Waals surface area contributed by atoms with Crippen LogP contribution in [0.3, 0.4) is 0 Å². The van der Waals surface area contributed by atoms with Crippen molar-refractivity contribution in [1.82, 2.24) is 4.98 Å². The highest BCUT2D eigenvalue weighted by molar-refractivity contribution is 7.14. The van der Waals surface area contributed by atoms with Crippen LogP contribution in [0.15, 0.2) is 84.2 Å². The molecule has 0 aliphatic carbocycles. The number of hydrogen-bond donors (Lipinski definition) is 1. The molecular formula is C25H22N2OS. The third-order valence-corrected chi connectivity index (χ3v) is 5.82. The number of nitrogens with one attached hydrogen (secondary N) is 1. The van der Waals surface area contributed by atoms with Crippen molar-refractivity contribution in [2.75, 3.05) is 5.32 Å². The summed E-state index contributed by atoms with van der Waals surface area (Å²) in [7, 11) is 0. The lowest BCUT2D eigenvalue weighted by molar-refractivity contribution is -0.116. The van der Waals surface area contributed by atoms with E-state index >= 15 is 0 Å². The summed E-state index contributed by atoms with van der Waals surface area (Å²) in [6, 6.07) is 26.0. The van der Waals surface area contributed by atoms with E-state index in [9.17, 15) is 4.79 Å². The Morgan fingerprint density at radius 3 is 2.07 bits per heavy atom. The first-order valence-electron chi connectivity index (χ1n) is 9.56. The van der Waals surface area contributed by atoms with Crippen molar-refractivity contribution >= 4 is 22.4 Å². The molecule has 0 saturated carbocycles. The predicted octanol–water partition coefficient (Wildman–Crippen LogP) is 6.20. The molecule has 1 N–H and O–H groups in total. The second-order valence-corrected chi connectivity index (χ2v) is 7.94. The minimum atomic E-state index is -0.383. The third kappa shape index (κ3) is 4.28. The molecule has 4 rings (SSSR count). The fourth-order valence-corrected chi connectivity index (χ4v) is 4.05. The molecule has 1 heterocycles. The average Bonchev–Trinajstić information content (AvgIpc) is 3.20. The summed E-state index contributed by atoms with van der Waals surface area (Å²) in [5.41, 5.74) is 6.35. The number of hydrogen-bond acceptors (Lipinski definition) is 3. The first-order valence-corrected chi connectivity index (χ1v) is 10.4. The summed E-state index contributed by atoms with van der Waals surface area (Å²) in [6.45, 7) is 4.19. The maximum absolute atomic E-state index is 13.2. The minimum absolute atomic E-state index is 0.0802. The number of nitrogens with zero attached hydrogens (tertiary/aromatic N) is 1. The van der Waals surface area contributed by atoms with Gasteiger partial charge in [0.15, 0.2) is 5.13 Å². The molecule has 0 aliphatic heterocycles. The number of thiazole rings is 1. The van der Waals surface area contributed by atoms with Gasteiger partial charge in [-0.3, -0.25) is 4.79 Å². The molecule has 0 bridgehead atoms. The number of carbonyl (C=O) groups excluding carboxylic acids is 1. The Hall–Kier alpha value is -3.24. The third-order valence-electron chi connectivity index (χ3n) is 5.06. The molecule has 3 aromatic carbocycles. The molecule has 0 spiro atoms. The van der Waals surface area contributed by atoms with Crippen LogP contribution >= 0.6 is 11.3 Å². The van der Waals surface area contributed by atoms with Gasteiger partial charge in [-0.25, -0.2) is 4.98 Å². The number of amides is 1. The van der Waals surface area contributed by atoms with Crippen LogP contribution in [0.4, 0.5) is 5.13 Å². The zero-order chi connectivity index (χ0) is 20.2. The summed E-state index contributed by atoms with van der Waals surface area (Å²) in [5, 5.41) is 5.62. The first-order chi connectivity index (χ1) is 14.1. The molecule has 0 fully saturated rings. The van der Waals surface area contributed by atoms with E-state index in [0.717, 1.165) is 22.4 Å². The highest BCUT2D eigenvalue weighted by Gasteiger charge is 2.23. The molecule has 0 unspecified atom stereocenters. The maximum Gasteiger partial charge on any atom is 0.238 e. The van der Waals surface area contributed by atoms with Crippen molar-refractivity contribution in [2.24, 2.45) is 0 Å². The van der Waals surface area contributed by atoms with Crippen LogP contribution in [-0.2, 0) is 4.79 Å². The van der Waals surface area contributed by atoms with E-state index in [2.05, 4.69) is 42.3 Å². The van der Waals surface area contributed by atoms with Crippen molar-refractivity contribution in [3.63, 3.8) is 0 Å². The summed E-state index contributed by atoms with van der Waals surface area (Å²) >= 11 is 1.45. The van der Waals surface area contributed by atoms with Gasteiger partial charge in [0.25, 0.3) is 0 Å². The lowest BCUT2D eigenvalue weighted by Gasteiger charge is -2.17. The minimum Gasteiger partial charge on any atom is -0.301 e. The lowest BCUT2D eigenvalue weighted by atomic mass is 9.90. The van der Waals surface area contributed by atoms with Gasteiger partial charge in [-0.1, -0.05) is 72.8 Å². The van der Waals surface area contributed by atoms with E-state index in [1.807, 2.05) is 66.0 Å². The molecular weight excluding hydrogens is 376 g/mol. The Balaban J connectivity index is 1.60. The molecule has 0 radical (unpaired) electrons. The molecule has 3 nitrogen and oxygen atoms in total. The topological polar surface area (TPSA) is 42.0 Å². The number of aryl methyl sites for hydroxylation is 2. The van der Waals surface area contributed by atoms with Gasteiger partial charge < -0.3 is 5.32 Å². The number of rotatable bonds is 5. The highest BCUT2D eigenvalue weighted by atomic mass is 32.1. The molecule has 29 heavy (non-hydrogen) atoms. The summed E-state index contributed by atoms with van der Waals surface area (Å²) in [5.74, 6) is -0.463. The van der Waals surface area contributed by atoms with Gasteiger partial charge in [-0.2, -0.15) is 0 Å². The van der Waals surface area contributed by atoms with Crippen LogP contribution < -0.4 is 5.32 Å². The summed E-state index contributed by atoms with van der Waals surface area (Å²) in [6.07, 6.45) is 0. The van der Waals surface area contributed by atoms with Crippen molar-refractivity contribution in [2.45, 2.75) is 19.8 Å². The van der Waals surface area contributed by atoms with Crippen LogP contribution in [0.1, 0.15) is 28.2 Å². The Bertz CT molecular complexity index is 1080. The van der Waals surface area contributed by atoms with Crippen LogP contribution in [0, 0.1) is 13.8 Å². The zero-order valence-corrected chi connectivity index (χ0v) is 17.2. The van der Waals surface area contributed by atoms with Gasteiger partial charge in [0.2, 0.25) is 5.91 Å². The first kappa shape index (κ1) is 19.1. The normalized spacial score (nSPS) is 10.9. The van der Waals surface area contributed by atoms with Crippen molar-refractivity contribution < 1.29 is 4.79 Å². The summed E-state index contributed by atoms with van der Waals surface area (Å²) < 4.78 is 0. The lowest BCUT2D eigenvalue weighted by Crippen LogP contribution is -2.22.